The zero-order chi connectivity index (χ0) is 10.8. The first kappa shape index (κ1) is 10.1. The Kier molecular flexibility index (Phi) is 2.80. The number of para-hydroxylation sites is 1. The van der Waals surface area contributed by atoms with Crippen LogP contribution in [0.15, 0.2) is 30.3 Å². The minimum Gasteiger partial charge on any atom is -0.492 e. The molecule has 0 spiro atoms. The second kappa shape index (κ2) is 4.44. The van der Waals surface area contributed by atoms with E-state index < -0.39 is 0 Å². The summed E-state index contributed by atoms with van der Waals surface area (Å²) in [5, 5.41) is 3.51. The van der Waals surface area contributed by atoms with Gasteiger partial charge in [-0.1, -0.05) is 18.2 Å². The van der Waals surface area contributed by atoms with Crippen LogP contribution in [0.25, 0.3) is 0 Å². The van der Waals surface area contributed by atoms with Crippen LogP contribution >= 0.6 is 0 Å². The zero-order valence-corrected chi connectivity index (χ0v) is 9.43. The van der Waals surface area contributed by atoms with E-state index >= 15 is 0 Å². The van der Waals surface area contributed by atoms with Crippen molar-refractivity contribution in [2.75, 3.05) is 26.2 Å². The molecule has 2 saturated heterocycles. The quantitative estimate of drug-likeness (QED) is 0.819. The summed E-state index contributed by atoms with van der Waals surface area (Å²) in [6, 6.07) is 11.5. The molecule has 3 rings (SSSR count). The molecule has 2 heterocycles. The normalized spacial score (nSPS) is 28.5. The van der Waals surface area contributed by atoms with Crippen molar-refractivity contribution in [3.8, 4) is 5.75 Å². The molecule has 0 aromatic heterocycles. The molecule has 2 aliphatic heterocycles. The van der Waals surface area contributed by atoms with Crippen LogP contribution in [0.4, 0.5) is 0 Å². The van der Waals surface area contributed by atoms with Gasteiger partial charge in [0.1, 0.15) is 12.4 Å². The molecule has 0 saturated carbocycles. The van der Waals surface area contributed by atoms with Gasteiger partial charge in [0, 0.05) is 31.7 Å². The van der Waals surface area contributed by atoms with Gasteiger partial charge in [-0.05, 0) is 18.6 Å². The Balaban J connectivity index is 1.44. The predicted molar refractivity (Wildman–Crippen MR) is 63.7 cm³/mol. The highest BCUT2D eigenvalue weighted by molar-refractivity contribution is 5.20. The van der Waals surface area contributed by atoms with Crippen molar-refractivity contribution in [3.05, 3.63) is 30.3 Å². The summed E-state index contributed by atoms with van der Waals surface area (Å²) in [5.41, 5.74) is 0. The first-order chi connectivity index (χ1) is 7.92. The van der Waals surface area contributed by atoms with Crippen molar-refractivity contribution in [1.29, 1.82) is 0 Å². The summed E-state index contributed by atoms with van der Waals surface area (Å²) in [6.07, 6.45) is 1.32. The van der Waals surface area contributed by atoms with E-state index in [1.165, 1.54) is 13.0 Å². The van der Waals surface area contributed by atoms with Crippen molar-refractivity contribution in [3.63, 3.8) is 0 Å². The maximum atomic E-state index is 5.71. The first-order valence-corrected chi connectivity index (χ1v) is 6.07. The fourth-order valence-electron chi connectivity index (χ4n) is 2.72. The van der Waals surface area contributed by atoms with Crippen LogP contribution in [0, 0.1) is 0 Å². The van der Waals surface area contributed by atoms with E-state index in [1.54, 1.807) is 0 Å². The monoisotopic (exact) mass is 218 g/mol. The van der Waals surface area contributed by atoms with E-state index in [1.807, 2.05) is 30.3 Å². The lowest BCUT2D eigenvalue weighted by molar-refractivity contribution is 0.180. The fraction of sp³-hybridized carbons (Fsp3) is 0.538. The van der Waals surface area contributed by atoms with Crippen LogP contribution in [0.1, 0.15) is 6.42 Å². The van der Waals surface area contributed by atoms with Gasteiger partial charge >= 0.3 is 0 Å². The van der Waals surface area contributed by atoms with E-state index in [0.29, 0.717) is 0 Å². The number of nitrogens with one attached hydrogen (secondary N) is 1. The average Bonchev–Trinajstić information content (AvgIpc) is 2.92. The second-order valence-corrected chi connectivity index (χ2v) is 4.65. The van der Waals surface area contributed by atoms with E-state index in [0.717, 1.165) is 37.5 Å². The lowest BCUT2D eigenvalue weighted by Gasteiger charge is -2.26. The number of rotatable bonds is 4. The lowest BCUT2D eigenvalue weighted by atomic mass is 10.2. The molecule has 2 aliphatic rings. The molecule has 3 heteroatoms. The van der Waals surface area contributed by atoms with Crippen molar-refractivity contribution in [1.82, 2.24) is 10.2 Å². The molecule has 0 amide bonds. The highest BCUT2D eigenvalue weighted by Crippen LogP contribution is 2.22. The summed E-state index contributed by atoms with van der Waals surface area (Å²) in [5.74, 6) is 0.977. The van der Waals surface area contributed by atoms with Crippen molar-refractivity contribution in [2.45, 2.75) is 18.5 Å². The molecular formula is C13H18N2O. The number of benzene rings is 1. The molecule has 2 unspecified atom stereocenters. The van der Waals surface area contributed by atoms with Gasteiger partial charge in [0.25, 0.3) is 0 Å². The zero-order valence-electron chi connectivity index (χ0n) is 9.43. The number of likely N-dealkylation sites (tertiary alicyclic amines) is 1. The minimum atomic E-state index is 0.738. The van der Waals surface area contributed by atoms with Crippen molar-refractivity contribution < 1.29 is 4.74 Å². The molecule has 2 fully saturated rings. The van der Waals surface area contributed by atoms with Crippen molar-refractivity contribution in [2.24, 2.45) is 0 Å². The van der Waals surface area contributed by atoms with Crippen molar-refractivity contribution >= 4 is 0 Å². The lowest BCUT2D eigenvalue weighted by Crippen LogP contribution is -2.45. The maximum absolute atomic E-state index is 5.71. The van der Waals surface area contributed by atoms with E-state index in [-0.39, 0.29) is 0 Å². The van der Waals surface area contributed by atoms with E-state index in [9.17, 15) is 0 Å². The number of piperazine rings is 1. The molecule has 3 nitrogen and oxygen atoms in total. The number of hydrogen-bond acceptors (Lipinski definition) is 3. The Bertz CT molecular complexity index is 341. The van der Waals surface area contributed by atoms with Gasteiger partial charge in [-0.15, -0.1) is 0 Å². The van der Waals surface area contributed by atoms with Crippen LogP contribution < -0.4 is 10.1 Å². The van der Waals surface area contributed by atoms with Crippen LogP contribution in [-0.2, 0) is 0 Å². The third kappa shape index (κ3) is 2.06. The molecule has 0 aliphatic carbocycles. The Morgan fingerprint density at radius 3 is 2.88 bits per heavy atom. The van der Waals surface area contributed by atoms with E-state index in [4.69, 9.17) is 4.74 Å². The first-order valence-electron chi connectivity index (χ1n) is 6.07. The SMILES string of the molecule is c1ccc(OCCN2CC3CC2CN3)cc1. The molecule has 1 aromatic carbocycles. The standard InChI is InChI=1S/C13H18N2O/c1-2-4-13(5-3-1)16-7-6-15-10-11-8-12(15)9-14-11/h1-5,11-12,14H,6-10H2. The summed E-state index contributed by atoms with van der Waals surface area (Å²) in [6.45, 7) is 4.21. The molecule has 1 N–H and O–H groups in total. The average molecular weight is 218 g/mol. The number of nitrogens with zero attached hydrogens (tertiary/aromatic N) is 1. The van der Waals surface area contributed by atoms with Gasteiger partial charge in [-0.2, -0.15) is 0 Å². The molecule has 2 bridgehead atoms. The van der Waals surface area contributed by atoms with Crippen LogP contribution in [-0.4, -0.2) is 43.2 Å². The number of ether oxygens (including phenoxy) is 1. The summed E-state index contributed by atoms with van der Waals surface area (Å²) >= 11 is 0. The van der Waals surface area contributed by atoms with Crippen LogP contribution in [0.2, 0.25) is 0 Å². The summed E-state index contributed by atoms with van der Waals surface area (Å²) < 4.78 is 5.71. The molecule has 1 aromatic rings. The van der Waals surface area contributed by atoms with Crippen LogP contribution in [0.5, 0.6) is 5.75 Å². The Labute approximate surface area is 96.4 Å². The highest BCUT2D eigenvalue weighted by Gasteiger charge is 2.36. The van der Waals surface area contributed by atoms with E-state index in [2.05, 4.69) is 10.2 Å². The Hall–Kier alpha value is -1.06. The Morgan fingerprint density at radius 2 is 2.19 bits per heavy atom. The second-order valence-electron chi connectivity index (χ2n) is 4.65. The molecule has 0 radical (unpaired) electrons. The topological polar surface area (TPSA) is 24.5 Å². The van der Waals surface area contributed by atoms with Gasteiger partial charge in [0.05, 0.1) is 0 Å². The third-order valence-corrected chi connectivity index (χ3v) is 3.56. The molecular weight excluding hydrogens is 200 g/mol. The maximum Gasteiger partial charge on any atom is 0.119 e. The smallest absolute Gasteiger partial charge is 0.119 e. The largest absolute Gasteiger partial charge is 0.492 e. The van der Waals surface area contributed by atoms with Gasteiger partial charge in [0.15, 0.2) is 0 Å². The number of hydrogen-bond donors (Lipinski definition) is 1. The van der Waals surface area contributed by atoms with Gasteiger partial charge in [-0.3, -0.25) is 4.90 Å². The summed E-state index contributed by atoms with van der Waals surface area (Å²) in [4.78, 5) is 2.55. The minimum absolute atomic E-state index is 0.738. The Morgan fingerprint density at radius 1 is 1.31 bits per heavy atom. The van der Waals surface area contributed by atoms with Crippen LogP contribution in [0.3, 0.4) is 0 Å². The molecule has 16 heavy (non-hydrogen) atoms. The molecule has 2 atom stereocenters. The fourth-order valence-corrected chi connectivity index (χ4v) is 2.72. The number of fused-ring (bicyclic) bond motifs is 2. The third-order valence-electron chi connectivity index (χ3n) is 3.56. The highest BCUT2D eigenvalue weighted by atomic mass is 16.5. The summed E-state index contributed by atoms with van der Waals surface area (Å²) in [7, 11) is 0. The predicted octanol–water partition coefficient (Wildman–Crippen LogP) is 1.11. The van der Waals surface area contributed by atoms with Gasteiger partial charge in [-0.25, -0.2) is 0 Å². The van der Waals surface area contributed by atoms with Gasteiger partial charge in [0.2, 0.25) is 0 Å². The van der Waals surface area contributed by atoms with Gasteiger partial charge < -0.3 is 10.1 Å². The molecule has 86 valence electrons.